The van der Waals surface area contributed by atoms with Gasteiger partial charge in [0.05, 0.1) is 34.6 Å². The number of H-pyrrole nitrogens is 1. The Hall–Kier alpha value is -4.67. The Labute approximate surface area is 212 Å². The first-order valence-electron chi connectivity index (χ1n) is 11.4. The molecule has 0 saturated heterocycles. The lowest BCUT2D eigenvalue weighted by atomic mass is 9.95. The van der Waals surface area contributed by atoms with Crippen LogP contribution in [0.15, 0.2) is 73.1 Å². The lowest BCUT2D eigenvalue weighted by Crippen LogP contribution is -2.23. The van der Waals surface area contributed by atoms with Gasteiger partial charge in [0, 0.05) is 18.2 Å². The van der Waals surface area contributed by atoms with Crippen molar-refractivity contribution in [3.8, 4) is 22.5 Å². The maximum absolute atomic E-state index is 14.0. The second kappa shape index (κ2) is 10.4. The van der Waals surface area contributed by atoms with Crippen molar-refractivity contribution in [3.63, 3.8) is 0 Å². The molecular weight excluding hydrogens is 505 g/mol. The number of alkyl halides is 2. The highest BCUT2D eigenvalue weighted by Crippen LogP contribution is 2.37. The standard InChI is InChI=1S/C27H18F5N5O/c28-16-3-1-14(2-4-16)18(12-21(30)31)27(38)37-23-11-15(9-10-33-23)25-24(19-6-5-17(29)13-34-19)26-20(35-25)7-8-22(32)36-26/h1-11,13,18,21,35H,12H2,(H,33,37,38). The van der Waals surface area contributed by atoms with Crippen LogP contribution in [-0.4, -0.2) is 32.3 Å². The third-order valence-electron chi connectivity index (χ3n) is 5.89. The molecule has 4 heterocycles. The first kappa shape index (κ1) is 25.0. The van der Waals surface area contributed by atoms with Crippen molar-refractivity contribution < 1.29 is 26.7 Å². The largest absolute Gasteiger partial charge is 0.353 e. The molecule has 0 bridgehead atoms. The van der Waals surface area contributed by atoms with Crippen molar-refractivity contribution in [2.75, 3.05) is 5.32 Å². The van der Waals surface area contributed by atoms with Gasteiger partial charge in [-0.15, -0.1) is 0 Å². The molecule has 1 atom stereocenters. The Morgan fingerprint density at radius 3 is 2.39 bits per heavy atom. The fourth-order valence-corrected chi connectivity index (χ4v) is 4.17. The zero-order valence-corrected chi connectivity index (χ0v) is 19.4. The summed E-state index contributed by atoms with van der Waals surface area (Å²) in [6, 6.07) is 13.2. The number of hydrogen-bond acceptors (Lipinski definition) is 4. The number of amides is 1. The molecule has 1 amide bonds. The van der Waals surface area contributed by atoms with Crippen LogP contribution in [0.3, 0.4) is 0 Å². The molecule has 1 unspecified atom stereocenters. The molecule has 0 saturated carbocycles. The summed E-state index contributed by atoms with van der Waals surface area (Å²) >= 11 is 0. The molecule has 0 aliphatic rings. The third kappa shape index (κ3) is 5.22. The molecule has 6 nitrogen and oxygen atoms in total. The van der Waals surface area contributed by atoms with Crippen LogP contribution in [0.2, 0.25) is 0 Å². The highest BCUT2D eigenvalue weighted by molar-refractivity contribution is 6.01. The zero-order valence-electron chi connectivity index (χ0n) is 19.4. The van der Waals surface area contributed by atoms with Gasteiger partial charge < -0.3 is 10.3 Å². The summed E-state index contributed by atoms with van der Waals surface area (Å²) in [5.74, 6) is -3.77. The van der Waals surface area contributed by atoms with E-state index in [1.807, 2.05) is 0 Å². The van der Waals surface area contributed by atoms with Gasteiger partial charge in [-0.05, 0) is 54.1 Å². The number of pyridine rings is 3. The van der Waals surface area contributed by atoms with Gasteiger partial charge in [0.15, 0.2) is 0 Å². The van der Waals surface area contributed by atoms with E-state index in [0.29, 0.717) is 28.0 Å². The Morgan fingerprint density at radius 2 is 1.68 bits per heavy atom. The minimum Gasteiger partial charge on any atom is -0.353 e. The van der Waals surface area contributed by atoms with Gasteiger partial charge in [-0.2, -0.15) is 4.39 Å². The fourth-order valence-electron chi connectivity index (χ4n) is 4.17. The second-order valence-electron chi connectivity index (χ2n) is 8.42. The summed E-state index contributed by atoms with van der Waals surface area (Å²) < 4.78 is 67.4. The Morgan fingerprint density at radius 1 is 0.921 bits per heavy atom. The molecule has 38 heavy (non-hydrogen) atoms. The molecule has 0 aliphatic carbocycles. The number of rotatable bonds is 7. The molecule has 2 N–H and O–H groups in total. The van der Waals surface area contributed by atoms with E-state index in [1.165, 1.54) is 48.7 Å². The smallest absolute Gasteiger partial charge is 0.239 e. The summed E-state index contributed by atoms with van der Waals surface area (Å²) in [5, 5.41) is 2.55. The zero-order chi connectivity index (χ0) is 26.8. The number of aromatic nitrogens is 4. The maximum atomic E-state index is 14.0. The van der Waals surface area contributed by atoms with E-state index in [2.05, 4.69) is 25.3 Å². The normalized spacial score (nSPS) is 12.2. The van der Waals surface area contributed by atoms with Crippen LogP contribution in [0.4, 0.5) is 27.8 Å². The number of fused-ring (bicyclic) bond motifs is 1. The number of carbonyl (C=O) groups excluding carboxylic acids is 1. The van der Waals surface area contributed by atoms with Gasteiger partial charge in [-0.3, -0.25) is 9.78 Å². The van der Waals surface area contributed by atoms with Crippen molar-refractivity contribution in [2.45, 2.75) is 18.8 Å². The van der Waals surface area contributed by atoms with E-state index < -0.39 is 42.3 Å². The molecule has 1 aromatic carbocycles. The number of aromatic amines is 1. The third-order valence-corrected chi connectivity index (χ3v) is 5.89. The minimum atomic E-state index is -2.78. The van der Waals surface area contributed by atoms with Crippen molar-refractivity contribution in [1.29, 1.82) is 0 Å². The Kier molecular flexibility index (Phi) is 6.82. The summed E-state index contributed by atoms with van der Waals surface area (Å²) in [5.41, 5.74) is 2.62. The van der Waals surface area contributed by atoms with E-state index in [9.17, 15) is 26.7 Å². The van der Waals surface area contributed by atoms with Crippen LogP contribution in [0.25, 0.3) is 33.5 Å². The average molecular weight is 523 g/mol. The summed E-state index contributed by atoms with van der Waals surface area (Å²) in [7, 11) is 0. The van der Waals surface area contributed by atoms with Crippen LogP contribution in [0.5, 0.6) is 0 Å². The fraction of sp³-hybridized carbons (Fsp3) is 0.111. The maximum Gasteiger partial charge on any atom is 0.239 e. The lowest BCUT2D eigenvalue weighted by molar-refractivity contribution is -0.118. The van der Waals surface area contributed by atoms with Crippen LogP contribution in [0.1, 0.15) is 17.9 Å². The molecule has 0 spiro atoms. The van der Waals surface area contributed by atoms with Crippen molar-refractivity contribution >= 4 is 22.8 Å². The molecular formula is C27H18F5N5O. The van der Waals surface area contributed by atoms with E-state index in [0.717, 1.165) is 18.3 Å². The highest BCUT2D eigenvalue weighted by Gasteiger charge is 2.26. The number of halogens is 5. The Balaban J connectivity index is 1.52. The molecule has 5 rings (SSSR count). The molecule has 192 valence electrons. The molecule has 4 aromatic heterocycles. The molecule has 0 aliphatic heterocycles. The number of hydrogen-bond donors (Lipinski definition) is 2. The van der Waals surface area contributed by atoms with Crippen LogP contribution >= 0.6 is 0 Å². The van der Waals surface area contributed by atoms with Crippen LogP contribution < -0.4 is 5.32 Å². The van der Waals surface area contributed by atoms with Gasteiger partial charge >= 0.3 is 0 Å². The predicted octanol–water partition coefficient (Wildman–Crippen LogP) is 6.48. The van der Waals surface area contributed by atoms with Gasteiger partial charge in [-0.25, -0.2) is 27.5 Å². The number of benzene rings is 1. The van der Waals surface area contributed by atoms with Crippen LogP contribution in [0, 0.1) is 17.6 Å². The summed E-state index contributed by atoms with van der Waals surface area (Å²) in [6.07, 6.45) is -1.13. The topological polar surface area (TPSA) is 83.6 Å². The van der Waals surface area contributed by atoms with Crippen molar-refractivity contribution in [2.24, 2.45) is 0 Å². The quantitative estimate of drug-likeness (QED) is 0.189. The van der Waals surface area contributed by atoms with E-state index >= 15 is 0 Å². The predicted molar refractivity (Wildman–Crippen MR) is 131 cm³/mol. The number of nitrogens with one attached hydrogen (secondary N) is 2. The average Bonchev–Trinajstić information content (AvgIpc) is 3.27. The molecule has 0 radical (unpaired) electrons. The van der Waals surface area contributed by atoms with Crippen molar-refractivity contribution in [1.82, 2.24) is 19.9 Å². The molecule has 5 aromatic rings. The number of carbonyl (C=O) groups is 1. The van der Waals surface area contributed by atoms with Gasteiger partial charge in [0.2, 0.25) is 18.3 Å². The Bertz CT molecular complexity index is 1600. The summed E-state index contributed by atoms with van der Waals surface area (Å²) in [6.45, 7) is 0. The second-order valence-corrected chi connectivity index (χ2v) is 8.42. The first-order chi connectivity index (χ1) is 18.3. The summed E-state index contributed by atoms with van der Waals surface area (Å²) in [4.78, 5) is 28.3. The highest BCUT2D eigenvalue weighted by atomic mass is 19.3. The van der Waals surface area contributed by atoms with E-state index in [1.54, 1.807) is 6.07 Å². The molecule has 0 fully saturated rings. The number of anilines is 1. The van der Waals surface area contributed by atoms with Gasteiger partial charge in [-0.1, -0.05) is 12.1 Å². The molecule has 11 heteroatoms. The van der Waals surface area contributed by atoms with Crippen LogP contribution in [-0.2, 0) is 4.79 Å². The van der Waals surface area contributed by atoms with Gasteiger partial charge in [0.25, 0.3) is 0 Å². The van der Waals surface area contributed by atoms with Gasteiger partial charge in [0.1, 0.15) is 23.0 Å². The SMILES string of the molecule is O=C(Nc1cc(-c2[nH]c3ccc(F)nc3c2-c2ccc(F)cn2)ccn1)C(CC(F)F)c1ccc(F)cc1. The number of nitrogens with zero attached hydrogens (tertiary/aromatic N) is 3. The first-order valence-corrected chi connectivity index (χ1v) is 11.4. The van der Waals surface area contributed by atoms with Crippen molar-refractivity contribution in [3.05, 3.63) is 96.2 Å². The van der Waals surface area contributed by atoms with E-state index in [4.69, 9.17) is 0 Å². The monoisotopic (exact) mass is 523 g/mol. The minimum absolute atomic E-state index is 0.0599. The van der Waals surface area contributed by atoms with E-state index in [-0.39, 0.29) is 16.9 Å². The lowest BCUT2D eigenvalue weighted by Gasteiger charge is -2.17.